The van der Waals surface area contributed by atoms with Gasteiger partial charge in [0, 0.05) is 13.1 Å². The molecule has 0 aromatic rings. The third-order valence-corrected chi connectivity index (χ3v) is 1.13. The Labute approximate surface area is 55.3 Å². The van der Waals surface area contributed by atoms with E-state index in [9.17, 15) is 9.90 Å². The SMILES string of the molecule is CCCN(CC)C([O])=O. The molecule has 0 atom stereocenters. The van der Waals surface area contributed by atoms with Crippen LogP contribution < -0.4 is 0 Å². The third-order valence-electron chi connectivity index (χ3n) is 1.13. The fraction of sp³-hybridized carbons (Fsp3) is 0.833. The lowest BCUT2D eigenvalue weighted by molar-refractivity contribution is 0.122. The summed E-state index contributed by atoms with van der Waals surface area (Å²) >= 11 is 0. The van der Waals surface area contributed by atoms with Crippen LogP contribution in [0.15, 0.2) is 0 Å². The monoisotopic (exact) mass is 130 g/mol. The maximum atomic E-state index is 10.1. The molecule has 0 unspecified atom stereocenters. The molecule has 0 aromatic heterocycles. The van der Waals surface area contributed by atoms with E-state index in [0.29, 0.717) is 13.1 Å². The van der Waals surface area contributed by atoms with Crippen LogP contribution in [0.5, 0.6) is 0 Å². The molecule has 0 aliphatic carbocycles. The van der Waals surface area contributed by atoms with E-state index in [1.54, 1.807) is 6.92 Å². The zero-order valence-corrected chi connectivity index (χ0v) is 5.89. The summed E-state index contributed by atoms with van der Waals surface area (Å²) in [7, 11) is 0. The van der Waals surface area contributed by atoms with Gasteiger partial charge in [0.1, 0.15) is 0 Å². The lowest BCUT2D eigenvalue weighted by Crippen LogP contribution is -2.28. The number of carbonyl (C=O) groups is 1. The highest BCUT2D eigenvalue weighted by molar-refractivity contribution is 5.64. The molecule has 0 aromatic carbocycles. The maximum Gasteiger partial charge on any atom is 0.453 e. The highest BCUT2D eigenvalue weighted by Crippen LogP contribution is 1.90. The molecule has 1 amide bonds. The highest BCUT2D eigenvalue weighted by atomic mass is 16.4. The molecule has 0 aliphatic heterocycles. The molecular weight excluding hydrogens is 118 g/mol. The van der Waals surface area contributed by atoms with Crippen LogP contribution in [0.1, 0.15) is 20.3 Å². The number of amides is 1. The van der Waals surface area contributed by atoms with Gasteiger partial charge in [-0.1, -0.05) is 6.92 Å². The molecular formula is C6H12NO2. The van der Waals surface area contributed by atoms with Crippen molar-refractivity contribution in [3.05, 3.63) is 0 Å². The van der Waals surface area contributed by atoms with Crippen LogP contribution in [0.2, 0.25) is 0 Å². The van der Waals surface area contributed by atoms with Crippen LogP contribution in [-0.2, 0) is 5.11 Å². The summed E-state index contributed by atoms with van der Waals surface area (Å²) in [6, 6.07) is 0. The average Bonchev–Trinajstić information content (AvgIpc) is 1.82. The minimum atomic E-state index is -1.07. The van der Waals surface area contributed by atoms with Gasteiger partial charge in [0.15, 0.2) is 0 Å². The lowest BCUT2D eigenvalue weighted by Gasteiger charge is -2.12. The topological polar surface area (TPSA) is 40.2 Å². The average molecular weight is 130 g/mol. The standard InChI is InChI=1S/C6H12NO2/c1-3-5-7(4-2)6(8)9/h3-5H2,1-2H3. The van der Waals surface area contributed by atoms with Crippen molar-refractivity contribution in [1.29, 1.82) is 0 Å². The van der Waals surface area contributed by atoms with Gasteiger partial charge in [0.2, 0.25) is 0 Å². The predicted molar refractivity (Wildman–Crippen MR) is 33.6 cm³/mol. The van der Waals surface area contributed by atoms with Gasteiger partial charge in [-0.2, -0.15) is 0 Å². The first-order valence-corrected chi connectivity index (χ1v) is 3.18. The quantitative estimate of drug-likeness (QED) is 0.567. The van der Waals surface area contributed by atoms with Crippen LogP contribution in [-0.4, -0.2) is 24.1 Å². The zero-order chi connectivity index (χ0) is 7.28. The first-order chi connectivity index (χ1) is 4.22. The second-order valence-electron chi connectivity index (χ2n) is 1.85. The second kappa shape index (κ2) is 4.18. The molecule has 9 heavy (non-hydrogen) atoms. The summed E-state index contributed by atoms with van der Waals surface area (Å²) in [4.78, 5) is 11.4. The van der Waals surface area contributed by atoms with Gasteiger partial charge < -0.3 is 4.90 Å². The molecule has 0 heterocycles. The molecule has 3 heteroatoms. The number of nitrogens with zero attached hydrogens (tertiary/aromatic N) is 1. The van der Waals surface area contributed by atoms with Gasteiger partial charge in [-0.05, 0) is 13.3 Å². The molecule has 1 radical (unpaired) electrons. The molecule has 53 valence electrons. The van der Waals surface area contributed by atoms with E-state index >= 15 is 0 Å². The summed E-state index contributed by atoms with van der Waals surface area (Å²) in [5.74, 6) is 0. The van der Waals surface area contributed by atoms with E-state index in [-0.39, 0.29) is 0 Å². The normalized spacial score (nSPS) is 9.11. The Bertz CT molecular complexity index is 93.1. The van der Waals surface area contributed by atoms with E-state index in [1.807, 2.05) is 6.92 Å². The van der Waals surface area contributed by atoms with Gasteiger partial charge in [-0.25, -0.2) is 9.90 Å². The molecule has 0 N–H and O–H groups in total. The molecule has 0 rings (SSSR count). The Hall–Kier alpha value is -0.730. The number of hydrogen-bond acceptors (Lipinski definition) is 1. The fourth-order valence-electron chi connectivity index (χ4n) is 0.648. The van der Waals surface area contributed by atoms with Crippen molar-refractivity contribution >= 4 is 6.09 Å². The van der Waals surface area contributed by atoms with Gasteiger partial charge in [0.05, 0.1) is 0 Å². The second-order valence-corrected chi connectivity index (χ2v) is 1.85. The maximum absolute atomic E-state index is 10.1. The fourth-order valence-corrected chi connectivity index (χ4v) is 0.648. The number of carbonyl (C=O) groups excluding carboxylic acids is 1. The Morgan fingerprint density at radius 2 is 2.00 bits per heavy atom. The lowest BCUT2D eigenvalue weighted by atomic mass is 10.4. The number of hydrogen-bond donors (Lipinski definition) is 0. The predicted octanol–water partition coefficient (Wildman–Crippen LogP) is 1.27. The first kappa shape index (κ1) is 8.27. The molecule has 0 fully saturated rings. The van der Waals surface area contributed by atoms with E-state index in [1.165, 1.54) is 4.90 Å². The van der Waals surface area contributed by atoms with Crippen LogP contribution in [0.4, 0.5) is 4.79 Å². The highest BCUT2D eigenvalue weighted by Gasteiger charge is 2.07. The summed E-state index contributed by atoms with van der Waals surface area (Å²) in [6.07, 6.45) is -0.221. The Balaban J connectivity index is 3.54. The molecule has 0 saturated heterocycles. The first-order valence-electron chi connectivity index (χ1n) is 3.18. The van der Waals surface area contributed by atoms with Crippen molar-refractivity contribution in [3.8, 4) is 0 Å². The van der Waals surface area contributed by atoms with Crippen LogP contribution in [0.3, 0.4) is 0 Å². The summed E-state index contributed by atoms with van der Waals surface area (Å²) in [5.41, 5.74) is 0. The Morgan fingerprint density at radius 3 is 2.11 bits per heavy atom. The molecule has 0 spiro atoms. The van der Waals surface area contributed by atoms with Crippen molar-refractivity contribution in [1.82, 2.24) is 4.90 Å². The molecule has 3 nitrogen and oxygen atoms in total. The zero-order valence-electron chi connectivity index (χ0n) is 5.89. The third kappa shape index (κ3) is 2.95. The van der Waals surface area contributed by atoms with Crippen molar-refractivity contribution < 1.29 is 9.90 Å². The van der Waals surface area contributed by atoms with Crippen LogP contribution in [0.25, 0.3) is 0 Å². The van der Waals surface area contributed by atoms with Gasteiger partial charge in [-0.3, -0.25) is 0 Å². The van der Waals surface area contributed by atoms with Crippen molar-refractivity contribution in [3.63, 3.8) is 0 Å². The van der Waals surface area contributed by atoms with Crippen molar-refractivity contribution in [2.45, 2.75) is 20.3 Å². The summed E-state index contributed by atoms with van der Waals surface area (Å²) < 4.78 is 0. The van der Waals surface area contributed by atoms with Gasteiger partial charge in [0.25, 0.3) is 0 Å². The van der Waals surface area contributed by atoms with Gasteiger partial charge >= 0.3 is 6.09 Å². The van der Waals surface area contributed by atoms with E-state index in [0.717, 1.165) is 6.42 Å². The van der Waals surface area contributed by atoms with Crippen molar-refractivity contribution in [2.75, 3.05) is 13.1 Å². The summed E-state index contributed by atoms with van der Waals surface area (Å²) in [5, 5.41) is 10.1. The van der Waals surface area contributed by atoms with Crippen molar-refractivity contribution in [2.24, 2.45) is 0 Å². The largest absolute Gasteiger partial charge is 0.453 e. The number of rotatable bonds is 3. The van der Waals surface area contributed by atoms with E-state index in [2.05, 4.69) is 0 Å². The molecule has 0 aliphatic rings. The smallest absolute Gasteiger partial charge is 0.305 e. The minimum absolute atomic E-state index is 0.524. The van der Waals surface area contributed by atoms with E-state index < -0.39 is 6.09 Å². The molecule has 0 saturated carbocycles. The molecule has 0 bridgehead atoms. The van der Waals surface area contributed by atoms with Gasteiger partial charge in [-0.15, -0.1) is 0 Å². The van der Waals surface area contributed by atoms with Crippen LogP contribution in [0, 0.1) is 0 Å². The summed E-state index contributed by atoms with van der Waals surface area (Å²) in [6.45, 7) is 4.84. The minimum Gasteiger partial charge on any atom is -0.305 e. The Morgan fingerprint density at radius 1 is 1.44 bits per heavy atom. The van der Waals surface area contributed by atoms with Crippen LogP contribution >= 0.6 is 0 Å². The van der Waals surface area contributed by atoms with E-state index in [4.69, 9.17) is 0 Å². The Kier molecular flexibility index (Phi) is 3.84.